The molecule has 1 aliphatic heterocycles. The molecule has 1 unspecified atom stereocenters. The monoisotopic (exact) mass is 217 g/mol. The van der Waals surface area contributed by atoms with E-state index in [0.29, 0.717) is 6.04 Å². The van der Waals surface area contributed by atoms with E-state index in [9.17, 15) is 0 Å². The highest BCUT2D eigenvalue weighted by molar-refractivity contribution is 5.88. The lowest BCUT2D eigenvalue weighted by atomic mass is 10.2. The van der Waals surface area contributed by atoms with Gasteiger partial charge in [0.25, 0.3) is 0 Å². The van der Waals surface area contributed by atoms with Crippen molar-refractivity contribution >= 4 is 16.7 Å². The lowest BCUT2D eigenvalue weighted by molar-refractivity contribution is 0.789. The van der Waals surface area contributed by atoms with Gasteiger partial charge in [-0.1, -0.05) is 0 Å². The van der Waals surface area contributed by atoms with Gasteiger partial charge in [-0.15, -0.1) is 0 Å². The van der Waals surface area contributed by atoms with Gasteiger partial charge >= 0.3 is 0 Å². The molecule has 0 spiro atoms. The van der Waals surface area contributed by atoms with Crippen molar-refractivity contribution in [3.05, 3.63) is 18.5 Å². The Morgan fingerprint density at radius 3 is 3.31 bits per heavy atom. The third-order valence-electron chi connectivity index (χ3n) is 3.08. The highest BCUT2D eigenvalue weighted by Crippen LogP contribution is 2.21. The zero-order valence-electron chi connectivity index (χ0n) is 9.27. The molecule has 3 rings (SSSR count). The molecule has 1 fully saturated rings. The fraction of sp³-hybridized carbons (Fsp3) is 0.455. The smallest absolute Gasteiger partial charge is 0.137 e. The number of aryl methyl sites for hydroxylation is 1. The first-order valence-electron chi connectivity index (χ1n) is 5.58. The number of hydrogen-bond donors (Lipinski definition) is 2. The average molecular weight is 217 g/mol. The highest BCUT2D eigenvalue weighted by atomic mass is 15.3. The molecule has 84 valence electrons. The van der Waals surface area contributed by atoms with Gasteiger partial charge in [0.05, 0.1) is 17.1 Å². The second-order valence-electron chi connectivity index (χ2n) is 4.19. The largest absolute Gasteiger partial charge is 0.365 e. The number of fused-ring (bicyclic) bond motifs is 1. The fourth-order valence-corrected chi connectivity index (χ4v) is 2.17. The average Bonchev–Trinajstić information content (AvgIpc) is 2.90. The van der Waals surface area contributed by atoms with Crippen molar-refractivity contribution < 1.29 is 0 Å². The summed E-state index contributed by atoms with van der Waals surface area (Å²) < 4.78 is 1.87. The molecule has 5 heteroatoms. The summed E-state index contributed by atoms with van der Waals surface area (Å²) in [5, 5.41) is 12.2. The Bertz CT molecular complexity index is 498. The van der Waals surface area contributed by atoms with Crippen LogP contribution in [0, 0.1) is 0 Å². The van der Waals surface area contributed by atoms with Crippen LogP contribution in [0.5, 0.6) is 0 Å². The van der Waals surface area contributed by atoms with Gasteiger partial charge in [0.1, 0.15) is 5.82 Å². The van der Waals surface area contributed by atoms with Gasteiger partial charge in [-0.2, -0.15) is 5.10 Å². The summed E-state index contributed by atoms with van der Waals surface area (Å²) in [5.41, 5.74) is 1.11. The van der Waals surface area contributed by atoms with Crippen molar-refractivity contribution in [2.75, 3.05) is 18.4 Å². The Labute approximate surface area is 93.9 Å². The van der Waals surface area contributed by atoms with Crippen LogP contribution < -0.4 is 10.6 Å². The minimum Gasteiger partial charge on any atom is -0.365 e. The molecule has 0 bridgehead atoms. The second-order valence-corrected chi connectivity index (χ2v) is 4.19. The van der Waals surface area contributed by atoms with Crippen LogP contribution in [0.15, 0.2) is 18.5 Å². The van der Waals surface area contributed by atoms with Crippen molar-refractivity contribution in [1.29, 1.82) is 0 Å². The number of aromatic nitrogens is 3. The van der Waals surface area contributed by atoms with Crippen LogP contribution in [-0.2, 0) is 7.05 Å². The van der Waals surface area contributed by atoms with Crippen molar-refractivity contribution in [1.82, 2.24) is 20.1 Å². The second kappa shape index (κ2) is 3.75. The Morgan fingerprint density at radius 2 is 2.50 bits per heavy atom. The fourth-order valence-electron chi connectivity index (χ4n) is 2.17. The normalized spacial score (nSPS) is 20.4. The molecule has 0 aromatic carbocycles. The zero-order valence-corrected chi connectivity index (χ0v) is 9.27. The van der Waals surface area contributed by atoms with E-state index in [1.807, 2.05) is 30.2 Å². The Hall–Kier alpha value is -1.62. The minimum absolute atomic E-state index is 0.485. The topological polar surface area (TPSA) is 54.8 Å². The Balaban J connectivity index is 1.96. The van der Waals surface area contributed by atoms with Crippen molar-refractivity contribution in [2.45, 2.75) is 12.5 Å². The van der Waals surface area contributed by atoms with E-state index in [-0.39, 0.29) is 0 Å². The summed E-state index contributed by atoms with van der Waals surface area (Å²) in [7, 11) is 1.95. The first-order chi connectivity index (χ1) is 7.84. The zero-order chi connectivity index (χ0) is 11.0. The van der Waals surface area contributed by atoms with Gasteiger partial charge in [0, 0.05) is 25.8 Å². The van der Waals surface area contributed by atoms with Crippen LogP contribution in [-0.4, -0.2) is 33.9 Å². The van der Waals surface area contributed by atoms with Gasteiger partial charge in [0.15, 0.2) is 0 Å². The first kappa shape index (κ1) is 9.59. The summed E-state index contributed by atoms with van der Waals surface area (Å²) in [5.74, 6) is 0.944. The van der Waals surface area contributed by atoms with E-state index in [0.717, 1.165) is 36.2 Å². The van der Waals surface area contributed by atoms with E-state index >= 15 is 0 Å². The SMILES string of the molecule is Cn1ncc2c(NC3CCNC3)nccc21. The third-order valence-corrected chi connectivity index (χ3v) is 3.08. The van der Waals surface area contributed by atoms with E-state index in [1.54, 1.807) is 0 Å². The highest BCUT2D eigenvalue weighted by Gasteiger charge is 2.16. The van der Waals surface area contributed by atoms with Gasteiger partial charge < -0.3 is 10.6 Å². The van der Waals surface area contributed by atoms with Crippen molar-refractivity contribution in [3.8, 4) is 0 Å². The molecule has 2 aromatic heterocycles. The predicted molar refractivity (Wildman–Crippen MR) is 63.4 cm³/mol. The van der Waals surface area contributed by atoms with Gasteiger partial charge in [0.2, 0.25) is 0 Å². The van der Waals surface area contributed by atoms with Crippen LogP contribution in [0.4, 0.5) is 5.82 Å². The van der Waals surface area contributed by atoms with Crippen LogP contribution >= 0.6 is 0 Å². The van der Waals surface area contributed by atoms with E-state index in [4.69, 9.17) is 0 Å². The first-order valence-corrected chi connectivity index (χ1v) is 5.58. The van der Waals surface area contributed by atoms with Gasteiger partial charge in [-0.3, -0.25) is 4.68 Å². The number of hydrogen-bond acceptors (Lipinski definition) is 4. The van der Waals surface area contributed by atoms with Crippen LogP contribution in [0.25, 0.3) is 10.9 Å². The van der Waals surface area contributed by atoms with Crippen LogP contribution in [0.3, 0.4) is 0 Å². The quantitative estimate of drug-likeness (QED) is 0.779. The molecule has 0 saturated carbocycles. The molecule has 1 aliphatic rings. The molecule has 1 saturated heterocycles. The summed E-state index contributed by atoms with van der Waals surface area (Å²) in [4.78, 5) is 4.39. The molecule has 1 atom stereocenters. The molecule has 5 nitrogen and oxygen atoms in total. The molecule has 16 heavy (non-hydrogen) atoms. The molecule has 3 heterocycles. The lowest BCUT2D eigenvalue weighted by Crippen LogP contribution is -2.22. The lowest BCUT2D eigenvalue weighted by Gasteiger charge is -2.12. The van der Waals surface area contributed by atoms with Gasteiger partial charge in [-0.25, -0.2) is 4.98 Å². The Morgan fingerprint density at radius 1 is 1.56 bits per heavy atom. The molecule has 0 radical (unpaired) electrons. The number of nitrogens with one attached hydrogen (secondary N) is 2. The summed E-state index contributed by atoms with van der Waals surface area (Å²) >= 11 is 0. The maximum Gasteiger partial charge on any atom is 0.137 e. The molecule has 2 N–H and O–H groups in total. The van der Waals surface area contributed by atoms with Crippen LogP contribution in [0.1, 0.15) is 6.42 Å². The molecule has 2 aromatic rings. The summed E-state index contributed by atoms with van der Waals surface area (Å²) in [6.45, 7) is 2.10. The number of rotatable bonds is 2. The number of pyridine rings is 1. The van der Waals surface area contributed by atoms with E-state index in [2.05, 4.69) is 20.7 Å². The van der Waals surface area contributed by atoms with Crippen molar-refractivity contribution in [2.24, 2.45) is 7.05 Å². The summed E-state index contributed by atoms with van der Waals surface area (Å²) in [6, 6.07) is 2.47. The Kier molecular flexibility index (Phi) is 2.25. The van der Waals surface area contributed by atoms with Crippen LogP contribution in [0.2, 0.25) is 0 Å². The number of anilines is 1. The van der Waals surface area contributed by atoms with E-state index < -0.39 is 0 Å². The standard InChI is InChI=1S/C11H15N5/c1-16-10-3-5-13-11(9(10)7-14-16)15-8-2-4-12-6-8/h3,5,7-8,12H,2,4,6H2,1H3,(H,13,15). The molecular formula is C11H15N5. The minimum atomic E-state index is 0.485. The maximum absolute atomic E-state index is 4.39. The van der Waals surface area contributed by atoms with Crippen molar-refractivity contribution in [3.63, 3.8) is 0 Å². The summed E-state index contributed by atoms with van der Waals surface area (Å²) in [6.07, 6.45) is 4.85. The third kappa shape index (κ3) is 1.53. The maximum atomic E-state index is 4.39. The molecular weight excluding hydrogens is 202 g/mol. The van der Waals surface area contributed by atoms with Gasteiger partial charge in [-0.05, 0) is 19.0 Å². The van der Waals surface area contributed by atoms with E-state index in [1.165, 1.54) is 0 Å². The predicted octanol–water partition coefficient (Wildman–Crippen LogP) is 0.742. The molecule has 0 aliphatic carbocycles. The molecule has 0 amide bonds. The number of nitrogens with zero attached hydrogens (tertiary/aromatic N) is 3.